The van der Waals surface area contributed by atoms with Crippen molar-refractivity contribution in [3.8, 4) is 0 Å². The summed E-state index contributed by atoms with van der Waals surface area (Å²) in [5.74, 6) is 0.139. The van der Waals surface area contributed by atoms with E-state index in [1.54, 1.807) is 18.2 Å². The third-order valence-corrected chi connectivity index (χ3v) is 2.93. The van der Waals surface area contributed by atoms with Gasteiger partial charge in [0.2, 0.25) is 0 Å². The minimum atomic E-state index is 0.139. The molecular weight excluding hydrogens is 275 g/mol. The number of allylic oxidation sites excluding steroid dienone is 1. The number of Topliss-reactive ketones (excluding diaryl/α,β-unsaturated/α-hetero) is 1. The highest BCUT2D eigenvalue weighted by Crippen LogP contribution is 2.23. The van der Waals surface area contributed by atoms with Crippen molar-refractivity contribution in [1.29, 1.82) is 0 Å². The first-order valence-corrected chi connectivity index (χ1v) is 5.91. The fourth-order valence-corrected chi connectivity index (χ4v) is 2.16. The molecule has 1 nitrogen and oxygen atoms in total. The van der Waals surface area contributed by atoms with E-state index in [0.29, 0.717) is 17.0 Å². The molecule has 0 aliphatic carbocycles. The largest absolute Gasteiger partial charge is 0.294 e. The predicted molar refractivity (Wildman–Crippen MR) is 67.5 cm³/mol. The molecule has 0 saturated heterocycles. The Bertz CT molecular complexity index is 374. The topological polar surface area (TPSA) is 17.1 Å². The third-order valence-electron chi connectivity index (χ3n) is 2.04. The number of unbranched alkanes of at least 4 members (excludes halogenated alkanes) is 1. The van der Waals surface area contributed by atoms with Gasteiger partial charge in [0, 0.05) is 21.5 Å². The van der Waals surface area contributed by atoms with Gasteiger partial charge in [-0.1, -0.05) is 17.7 Å². The van der Waals surface area contributed by atoms with E-state index in [-0.39, 0.29) is 5.78 Å². The van der Waals surface area contributed by atoms with Crippen molar-refractivity contribution >= 4 is 33.3 Å². The molecule has 0 aliphatic heterocycles. The number of carbonyl (C=O) groups excluding carboxylic acids is 1. The molecule has 0 amide bonds. The second-order valence-electron chi connectivity index (χ2n) is 3.23. The summed E-state index contributed by atoms with van der Waals surface area (Å²) in [6, 6.07) is 5.22. The molecule has 0 atom stereocenters. The Morgan fingerprint density at radius 2 is 2.27 bits per heavy atom. The third kappa shape index (κ3) is 3.80. The molecule has 0 N–H and O–H groups in total. The summed E-state index contributed by atoms with van der Waals surface area (Å²) in [6.07, 6.45) is 4.09. The van der Waals surface area contributed by atoms with E-state index in [4.69, 9.17) is 11.6 Å². The maximum Gasteiger partial charge on any atom is 0.164 e. The van der Waals surface area contributed by atoms with Gasteiger partial charge in [-0.05, 0) is 47.0 Å². The molecule has 0 aliphatic rings. The Morgan fingerprint density at radius 3 is 2.87 bits per heavy atom. The van der Waals surface area contributed by atoms with Crippen molar-refractivity contribution in [1.82, 2.24) is 0 Å². The van der Waals surface area contributed by atoms with Crippen molar-refractivity contribution in [3.05, 3.63) is 45.9 Å². The van der Waals surface area contributed by atoms with E-state index in [9.17, 15) is 4.79 Å². The molecule has 1 rings (SSSR count). The Balaban J connectivity index is 2.69. The van der Waals surface area contributed by atoms with Gasteiger partial charge in [-0.25, -0.2) is 0 Å². The van der Waals surface area contributed by atoms with Gasteiger partial charge in [0.25, 0.3) is 0 Å². The maximum atomic E-state index is 11.7. The SMILES string of the molecule is C=CCCCC(=O)c1ccc(Cl)cc1Br. The number of halogens is 2. The van der Waals surface area contributed by atoms with Gasteiger partial charge in [0.1, 0.15) is 0 Å². The van der Waals surface area contributed by atoms with Crippen molar-refractivity contribution in [2.24, 2.45) is 0 Å². The minimum Gasteiger partial charge on any atom is -0.294 e. The molecule has 3 heteroatoms. The van der Waals surface area contributed by atoms with Gasteiger partial charge in [0.05, 0.1) is 0 Å². The lowest BCUT2D eigenvalue weighted by molar-refractivity contribution is 0.0979. The van der Waals surface area contributed by atoms with Gasteiger partial charge < -0.3 is 0 Å². The Labute approximate surface area is 103 Å². The highest BCUT2D eigenvalue weighted by Gasteiger charge is 2.09. The van der Waals surface area contributed by atoms with Gasteiger partial charge in [-0.15, -0.1) is 6.58 Å². The predicted octanol–water partition coefficient (Wildman–Crippen LogP) is 4.64. The van der Waals surface area contributed by atoms with Crippen LogP contribution in [0, 0.1) is 0 Å². The number of benzene rings is 1. The molecule has 0 unspecified atom stereocenters. The summed E-state index contributed by atoms with van der Waals surface area (Å²) in [7, 11) is 0. The zero-order valence-corrected chi connectivity index (χ0v) is 10.6. The van der Waals surface area contributed by atoms with E-state index in [0.717, 1.165) is 17.3 Å². The van der Waals surface area contributed by atoms with Gasteiger partial charge in [-0.3, -0.25) is 4.79 Å². The first-order chi connectivity index (χ1) is 7.15. The first-order valence-electron chi connectivity index (χ1n) is 4.74. The Morgan fingerprint density at radius 1 is 1.53 bits per heavy atom. The summed E-state index contributed by atoms with van der Waals surface area (Å²) in [5, 5.41) is 0.629. The van der Waals surface area contributed by atoms with E-state index >= 15 is 0 Å². The second kappa shape index (κ2) is 6.09. The Hall–Kier alpha value is -0.600. The lowest BCUT2D eigenvalue weighted by Gasteiger charge is -2.03. The molecule has 0 aromatic heterocycles. The average molecular weight is 288 g/mol. The molecule has 1 aromatic rings. The summed E-state index contributed by atoms with van der Waals surface area (Å²) in [5.41, 5.74) is 0.698. The smallest absolute Gasteiger partial charge is 0.164 e. The van der Waals surface area contributed by atoms with Gasteiger partial charge in [0.15, 0.2) is 5.78 Å². The molecule has 0 spiro atoms. The number of hydrogen-bond acceptors (Lipinski definition) is 1. The van der Waals surface area contributed by atoms with Crippen LogP contribution in [0.1, 0.15) is 29.6 Å². The Kier molecular flexibility index (Phi) is 5.06. The average Bonchev–Trinajstić information content (AvgIpc) is 2.17. The molecule has 80 valence electrons. The quantitative estimate of drug-likeness (QED) is 0.438. The van der Waals surface area contributed by atoms with Crippen LogP contribution in [-0.4, -0.2) is 5.78 Å². The van der Waals surface area contributed by atoms with Crippen LogP contribution in [0.4, 0.5) is 0 Å². The maximum absolute atomic E-state index is 11.7. The molecule has 15 heavy (non-hydrogen) atoms. The van der Waals surface area contributed by atoms with Crippen LogP contribution in [0.15, 0.2) is 35.3 Å². The molecule has 0 saturated carbocycles. The first kappa shape index (κ1) is 12.5. The van der Waals surface area contributed by atoms with Crippen LogP contribution in [-0.2, 0) is 0 Å². The van der Waals surface area contributed by atoms with Crippen LogP contribution in [0.3, 0.4) is 0 Å². The van der Waals surface area contributed by atoms with Crippen molar-refractivity contribution in [2.75, 3.05) is 0 Å². The number of carbonyl (C=O) groups is 1. The number of ketones is 1. The van der Waals surface area contributed by atoms with Crippen molar-refractivity contribution in [2.45, 2.75) is 19.3 Å². The molecular formula is C12H12BrClO. The zero-order valence-electron chi connectivity index (χ0n) is 8.30. The fourth-order valence-electron chi connectivity index (χ4n) is 1.26. The monoisotopic (exact) mass is 286 g/mol. The van der Waals surface area contributed by atoms with Crippen LogP contribution in [0.5, 0.6) is 0 Å². The fraction of sp³-hybridized carbons (Fsp3) is 0.250. The van der Waals surface area contributed by atoms with Gasteiger partial charge >= 0.3 is 0 Å². The van der Waals surface area contributed by atoms with E-state index in [2.05, 4.69) is 22.5 Å². The number of hydrogen-bond donors (Lipinski definition) is 0. The zero-order chi connectivity index (χ0) is 11.3. The second-order valence-corrected chi connectivity index (χ2v) is 4.52. The van der Waals surface area contributed by atoms with Crippen molar-refractivity contribution in [3.63, 3.8) is 0 Å². The highest BCUT2D eigenvalue weighted by molar-refractivity contribution is 9.10. The normalized spacial score (nSPS) is 10.0. The number of rotatable bonds is 5. The van der Waals surface area contributed by atoms with Crippen LogP contribution >= 0.6 is 27.5 Å². The lowest BCUT2D eigenvalue weighted by Crippen LogP contribution is -1.99. The van der Waals surface area contributed by atoms with E-state index in [1.807, 2.05) is 6.08 Å². The van der Waals surface area contributed by atoms with E-state index in [1.165, 1.54) is 0 Å². The summed E-state index contributed by atoms with van der Waals surface area (Å²) < 4.78 is 0.763. The van der Waals surface area contributed by atoms with Crippen LogP contribution in [0.25, 0.3) is 0 Å². The molecule has 0 radical (unpaired) electrons. The van der Waals surface area contributed by atoms with Crippen molar-refractivity contribution < 1.29 is 4.79 Å². The van der Waals surface area contributed by atoms with E-state index < -0.39 is 0 Å². The molecule has 0 heterocycles. The summed E-state index contributed by atoms with van der Waals surface area (Å²) >= 11 is 9.13. The molecule has 1 aromatic carbocycles. The van der Waals surface area contributed by atoms with Crippen LogP contribution in [0.2, 0.25) is 5.02 Å². The summed E-state index contributed by atoms with van der Waals surface area (Å²) in [6.45, 7) is 3.62. The molecule has 0 fully saturated rings. The summed E-state index contributed by atoms with van der Waals surface area (Å²) in [4.78, 5) is 11.7. The molecule has 0 bridgehead atoms. The van der Waals surface area contributed by atoms with Gasteiger partial charge in [-0.2, -0.15) is 0 Å². The standard InChI is InChI=1S/C12H12BrClO/c1-2-3-4-5-12(15)10-7-6-9(14)8-11(10)13/h2,6-8H,1,3-5H2. The highest BCUT2D eigenvalue weighted by atomic mass is 79.9. The minimum absolute atomic E-state index is 0.139. The lowest BCUT2D eigenvalue weighted by atomic mass is 10.1. The van der Waals surface area contributed by atoms with Crippen LogP contribution < -0.4 is 0 Å².